The molecule has 0 amide bonds. The van der Waals surface area contributed by atoms with Crippen molar-refractivity contribution < 1.29 is 37.3 Å². The van der Waals surface area contributed by atoms with Gasteiger partial charge < -0.3 is 27.9 Å². The number of unbranched alkanes of at least 4 members (excludes halogenated alkanes) is 37. The number of quaternary nitrogens is 1. The van der Waals surface area contributed by atoms with E-state index < -0.39 is 13.9 Å². The van der Waals surface area contributed by atoms with Gasteiger partial charge in [0.05, 0.1) is 34.4 Å². The molecule has 0 aliphatic heterocycles. The maximum Gasteiger partial charge on any atom is 0.306 e. The number of phosphoric ester groups is 1. The monoisotopic (exact) mass is 928 g/mol. The lowest BCUT2D eigenvalue weighted by molar-refractivity contribution is -0.870. The third-order valence-electron chi connectivity index (χ3n) is 12.6. The van der Waals surface area contributed by atoms with Gasteiger partial charge in [-0.3, -0.25) is 9.36 Å². The third-order valence-corrected chi connectivity index (χ3v) is 13.5. The van der Waals surface area contributed by atoms with Crippen LogP contribution in [-0.2, 0) is 27.9 Å². The van der Waals surface area contributed by atoms with Crippen LogP contribution >= 0.6 is 7.82 Å². The highest BCUT2D eigenvalue weighted by molar-refractivity contribution is 7.45. The largest absolute Gasteiger partial charge is 0.756 e. The number of allylic oxidation sites excluding steroid dienone is 2. The maximum atomic E-state index is 12.8. The number of carbonyl (C=O) groups is 1. The first-order valence-electron chi connectivity index (χ1n) is 27.9. The first-order valence-corrected chi connectivity index (χ1v) is 29.4. The summed E-state index contributed by atoms with van der Waals surface area (Å²) < 4.78 is 34.8. The number of nitrogens with zero attached hydrogens (tertiary/aromatic N) is 1. The molecule has 0 N–H and O–H groups in total. The highest BCUT2D eigenvalue weighted by Crippen LogP contribution is 2.38. The van der Waals surface area contributed by atoms with Crippen molar-refractivity contribution in [1.82, 2.24) is 0 Å². The molecule has 0 aromatic carbocycles. The second-order valence-corrected chi connectivity index (χ2v) is 21.7. The van der Waals surface area contributed by atoms with Crippen molar-refractivity contribution in [2.45, 2.75) is 283 Å². The van der Waals surface area contributed by atoms with E-state index in [1.54, 1.807) is 0 Å². The molecule has 0 aliphatic rings. The quantitative estimate of drug-likeness (QED) is 0.0197. The van der Waals surface area contributed by atoms with E-state index in [0.717, 1.165) is 32.1 Å². The van der Waals surface area contributed by atoms with Crippen molar-refractivity contribution in [2.24, 2.45) is 0 Å². The number of hydrogen-bond acceptors (Lipinski definition) is 7. The van der Waals surface area contributed by atoms with Crippen LogP contribution in [0.15, 0.2) is 12.2 Å². The zero-order valence-electron chi connectivity index (χ0n) is 43.5. The van der Waals surface area contributed by atoms with Gasteiger partial charge in [0, 0.05) is 13.0 Å². The van der Waals surface area contributed by atoms with Crippen molar-refractivity contribution in [2.75, 3.05) is 54.1 Å². The summed E-state index contributed by atoms with van der Waals surface area (Å²) in [5.74, 6) is -0.327. The smallest absolute Gasteiger partial charge is 0.306 e. The Bertz CT molecular complexity index is 1030. The van der Waals surface area contributed by atoms with Crippen LogP contribution in [0, 0.1) is 0 Å². The number of esters is 1. The zero-order chi connectivity index (χ0) is 46.9. The van der Waals surface area contributed by atoms with Crippen molar-refractivity contribution in [3.8, 4) is 0 Å². The summed E-state index contributed by atoms with van der Waals surface area (Å²) in [4.78, 5) is 25.2. The van der Waals surface area contributed by atoms with E-state index in [1.807, 2.05) is 21.1 Å². The lowest BCUT2D eigenvalue weighted by Crippen LogP contribution is -2.37. The van der Waals surface area contributed by atoms with E-state index in [-0.39, 0.29) is 25.8 Å². The van der Waals surface area contributed by atoms with Gasteiger partial charge in [-0.25, -0.2) is 0 Å². The van der Waals surface area contributed by atoms with Gasteiger partial charge in [-0.1, -0.05) is 244 Å². The molecular formula is C55H110NO7P. The lowest BCUT2D eigenvalue weighted by atomic mass is 10.0. The normalized spacial score (nSPS) is 13.5. The Morgan fingerprint density at radius 3 is 1.19 bits per heavy atom. The zero-order valence-corrected chi connectivity index (χ0v) is 44.4. The van der Waals surface area contributed by atoms with Crippen LogP contribution in [-0.4, -0.2) is 70.7 Å². The summed E-state index contributed by atoms with van der Waals surface area (Å²) in [5.41, 5.74) is 0. The fraction of sp³-hybridized carbons (Fsp3) is 0.945. The number of hydrogen-bond donors (Lipinski definition) is 0. The van der Waals surface area contributed by atoms with Gasteiger partial charge >= 0.3 is 5.97 Å². The maximum absolute atomic E-state index is 12.8. The molecule has 0 bridgehead atoms. The van der Waals surface area contributed by atoms with E-state index in [1.165, 1.54) is 225 Å². The Balaban J connectivity index is 4.03. The Hall–Kier alpha value is -0.760. The molecule has 0 aliphatic carbocycles. The highest BCUT2D eigenvalue weighted by atomic mass is 31.2. The van der Waals surface area contributed by atoms with E-state index in [2.05, 4.69) is 26.0 Å². The minimum Gasteiger partial charge on any atom is -0.756 e. The molecule has 0 spiro atoms. The summed E-state index contributed by atoms with van der Waals surface area (Å²) in [7, 11) is 1.38. The molecule has 0 aromatic heterocycles. The Morgan fingerprint density at radius 2 is 0.812 bits per heavy atom. The predicted molar refractivity (Wildman–Crippen MR) is 273 cm³/mol. The van der Waals surface area contributed by atoms with Crippen LogP contribution in [0.2, 0.25) is 0 Å². The number of likely N-dealkylation sites (N-methyl/N-ethyl adjacent to an activating group) is 1. The fourth-order valence-electron chi connectivity index (χ4n) is 8.25. The number of phosphoric acid groups is 1. The molecular weight excluding hydrogens is 818 g/mol. The minimum absolute atomic E-state index is 0.0302. The molecule has 9 heteroatoms. The molecule has 0 saturated carbocycles. The van der Waals surface area contributed by atoms with Crippen molar-refractivity contribution >= 4 is 13.8 Å². The Labute approximate surface area is 399 Å². The van der Waals surface area contributed by atoms with Crippen LogP contribution in [0.25, 0.3) is 0 Å². The average molecular weight is 928 g/mol. The van der Waals surface area contributed by atoms with Crippen LogP contribution in [0.4, 0.5) is 0 Å². The van der Waals surface area contributed by atoms with Gasteiger partial charge in [-0.05, 0) is 38.5 Å². The number of carbonyl (C=O) groups excluding carboxylic acids is 1. The molecule has 0 heterocycles. The molecule has 0 aromatic rings. The number of ether oxygens (including phenoxy) is 2. The fourth-order valence-corrected chi connectivity index (χ4v) is 8.98. The average Bonchev–Trinajstić information content (AvgIpc) is 3.25. The molecule has 8 nitrogen and oxygen atoms in total. The lowest BCUT2D eigenvalue weighted by Gasteiger charge is -2.28. The summed E-state index contributed by atoms with van der Waals surface area (Å²) in [5, 5.41) is 0. The molecule has 64 heavy (non-hydrogen) atoms. The summed E-state index contributed by atoms with van der Waals surface area (Å²) in [6, 6.07) is 0. The molecule has 2 unspecified atom stereocenters. The summed E-state index contributed by atoms with van der Waals surface area (Å²) >= 11 is 0. The first-order chi connectivity index (χ1) is 31.1. The first kappa shape index (κ1) is 63.2. The highest BCUT2D eigenvalue weighted by Gasteiger charge is 2.20. The number of rotatable bonds is 53. The van der Waals surface area contributed by atoms with Gasteiger partial charge in [-0.15, -0.1) is 0 Å². The van der Waals surface area contributed by atoms with E-state index in [4.69, 9.17) is 18.5 Å². The Kier molecular flexibility index (Phi) is 48.1. The molecule has 0 saturated heterocycles. The summed E-state index contributed by atoms with van der Waals surface area (Å²) in [6.07, 6.45) is 56.7. The predicted octanol–water partition coefficient (Wildman–Crippen LogP) is 16.7. The van der Waals surface area contributed by atoms with Crippen LogP contribution in [0.1, 0.15) is 277 Å². The van der Waals surface area contributed by atoms with Crippen molar-refractivity contribution in [3.63, 3.8) is 0 Å². The van der Waals surface area contributed by atoms with E-state index in [0.29, 0.717) is 24.1 Å². The second-order valence-electron chi connectivity index (χ2n) is 20.3. The van der Waals surface area contributed by atoms with Gasteiger partial charge in [0.1, 0.15) is 19.3 Å². The van der Waals surface area contributed by atoms with Gasteiger partial charge in [0.25, 0.3) is 7.82 Å². The molecule has 0 rings (SSSR count). The second kappa shape index (κ2) is 48.7. The minimum atomic E-state index is -4.53. The molecule has 0 fully saturated rings. The van der Waals surface area contributed by atoms with E-state index in [9.17, 15) is 14.3 Å². The van der Waals surface area contributed by atoms with Crippen LogP contribution in [0.5, 0.6) is 0 Å². The molecule has 0 radical (unpaired) electrons. The standard InChI is InChI=1S/C55H110NO7P/c1-6-8-10-12-14-16-18-20-22-24-25-26-27-28-29-30-31-32-34-36-38-40-42-44-46-48-55(57)63-54(53-62-64(58,59)61-51-49-56(3,4)5)52-60-50-47-45-43-41-39-37-35-33-23-21-19-17-15-13-11-9-7-2/h24-25,54H,6-23,26-53H2,1-5H3/b25-24-. The van der Waals surface area contributed by atoms with Gasteiger partial charge in [0.2, 0.25) is 0 Å². The molecule has 2 atom stereocenters. The Morgan fingerprint density at radius 1 is 0.469 bits per heavy atom. The van der Waals surface area contributed by atoms with Crippen LogP contribution in [0.3, 0.4) is 0 Å². The van der Waals surface area contributed by atoms with Gasteiger partial charge in [0.15, 0.2) is 0 Å². The van der Waals surface area contributed by atoms with Crippen molar-refractivity contribution in [1.29, 1.82) is 0 Å². The molecule has 382 valence electrons. The van der Waals surface area contributed by atoms with Gasteiger partial charge in [-0.2, -0.15) is 0 Å². The SMILES string of the molecule is CCCCCCCCCC/C=C\CCCCCCCCCCCCCCCC(=O)OC(COCCCCCCCCCCCCCCCCCCC)COP(=O)([O-])OCC[N+](C)(C)C. The van der Waals surface area contributed by atoms with Crippen LogP contribution < -0.4 is 4.89 Å². The van der Waals surface area contributed by atoms with E-state index >= 15 is 0 Å². The topological polar surface area (TPSA) is 94.1 Å². The summed E-state index contributed by atoms with van der Waals surface area (Å²) in [6.45, 7) is 5.49. The third kappa shape index (κ3) is 52.2. The van der Waals surface area contributed by atoms with Crippen molar-refractivity contribution in [3.05, 3.63) is 12.2 Å².